The Morgan fingerprint density at radius 3 is 2.53 bits per heavy atom. The largest absolute Gasteiger partial charge is 0.382 e. The number of carbonyl (C=O) groups is 3. The summed E-state index contributed by atoms with van der Waals surface area (Å²) in [5.74, 6) is -0.907. The molecule has 8 nitrogen and oxygen atoms in total. The predicted octanol–water partition coefficient (Wildman–Crippen LogP) is 1.80. The summed E-state index contributed by atoms with van der Waals surface area (Å²) in [5, 5.41) is 5.65. The van der Waals surface area contributed by atoms with Crippen molar-refractivity contribution in [2.24, 2.45) is 5.92 Å². The number of hydrogen-bond acceptors (Lipinski definition) is 5. The number of aryl methyl sites for hydroxylation is 1. The van der Waals surface area contributed by atoms with Gasteiger partial charge in [-0.15, -0.1) is 0 Å². The summed E-state index contributed by atoms with van der Waals surface area (Å²) >= 11 is 6.22. The van der Waals surface area contributed by atoms with E-state index in [-0.39, 0.29) is 18.9 Å². The van der Waals surface area contributed by atoms with E-state index >= 15 is 0 Å². The Bertz CT molecular complexity index is 825. The van der Waals surface area contributed by atoms with E-state index in [1.165, 1.54) is 7.11 Å². The normalized spacial score (nSPS) is 22.7. The molecule has 2 N–H and O–H groups in total. The third-order valence-corrected chi connectivity index (χ3v) is 6.22. The van der Waals surface area contributed by atoms with Crippen molar-refractivity contribution in [3.8, 4) is 0 Å². The number of rotatable bonds is 7. The zero-order valence-corrected chi connectivity index (χ0v) is 18.4. The van der Waals surface area contributed by atoms with Gasteiger partial charge in [0, 0.05) is 49.9 Å². The molecule has 4 amide bonds. The molecule has 0 aromatic heterocycles. The number of nitrogens with zero attached hydrogens (tertiary/aromatic N) is 2. The smallest absolute Gasteiger partial charge is 0.322 e. The highest BCUT2D eigenvalue weighted by Crippen LogP contribution is 2.26. The van der Waals surface area contributed by atoms with E-state index in [2.05, 4.69) is 28.5 Å². The summed E-state index contributed by atoms with van der Waals surface area (Å²) in [6.07, 6.45) is 1.06. The van der Waals surface area contributed by atoms with Gasteiger partial charge in [0.1, 0.15) is 5.54 Å². The number of hydrogen-bond donors (Lipinski definition) is 2. The molecule has 2 fully saturated rings. The molecule has 3 rings (SSSR count). The van der Waals surface area contributed by atoms with Crippen LogP contribution in [0.15, 0.2) is 18.2 Å². The number of piperazine rings is 1. The van der Waals surface area contributed by atoms with Gasteiger partial charge in [0.05, 0.1) is 6.61 Å². The zero-order chi connectivity index (χ0) is 21.9. The maximum absolute atomic E-state index is 13.0. The monoisotopic (exact) mass is 436 g/mol. The van der Waals surface area contributed by atoms with E-state index in [0.29, 0.717) is 13.1 Å². The van der Waals surface area contributed by atoms with Crippen LogP contribution in [0, 0.1) is 5.92 Å². The third-order valence-electron chi connectivity index (χ3n) is 5.85. The van der Waals surface area contributed by atoms with Gasteiger partial charge in [-0.05, 0) is 36.6 Å². The maximum atomic E-state index is 13.0. The molecular formula is C21H29ClN4O4. The Labute approximate surface area is 181 Å². The zero-order valence-electron chi connectivity index (χ0n) is 17.7. The first-order valence-corrected chi connectivity index (χ1v) is 10.6. The highest BCUT2D eigenvalue weighted by molar-refractivity contribution is 6.31. The first kappa shape index (κ1) is 22.4. The van der Waals surface area contributed by atoms with E-state index in [1.54, 1.807) is 6.92 Å². The van der Waals surface area contributed by atoms with Gasteiger partial charge in [-0.1, -0.05) is 25.4 Å². The van der Waals surface area contributed by atoms with Crippen LogP contribution in [0.3, 0.4) is 0 Å². The van der Waals surface area contributed by atoms with E-state index < -0.39 is 23.4 Å². The predicted molar refractivity (Wildman–Crippen MR) is 115 cm³/mol. The van der Waals surface area contributed by atoms with E-state index in [1.807, 2.05) is 17.0 Å². The second-order valence-electron chi connectivity index (χ2n) is 7.97. The molecule has 0 bridgehead atoms. The van der Waals surface area contributed by atoms with Crippen LogP contribution < -0.4 is 15.5 Å². The van der Waals surface area contributed by atoms with Crippen molar-refractivity contribution < 1.29 is 19.1 Å². The summed E-state index contributed by atoms with van der Waals surface area (Å²) < 4.78 is 5.15. The topological polar surface area (TPSA) is 91.0 Å². The number of amides is 4. The van der Waals surface area contributed by atoms with Crippen molar-refractivity contribution in [2.45, 2.75) is 32.2 Å². The average molecular weight is 437 g/mol. The third kappa shape index (κ3) is 4.54. The van der Waals surface area contributed by atoms with Crippen LogP contribution in [0.2, 0.25) is 5.02 Å². The number of imide groups is 1. The Kier molecular flexibility index (Phi) is 6.88. The molecule has 164 valence electrons. The van der Waals surface area contributed by atoms with Gasteiger partial charge in [-0.25, -0.2) is 4.79 Å². The van der Waals surface area contributed by atoms with Gasteiger partial charge < -0.3 is 19.9 Å². The molecule has 2 aliphatic heterocycles. The lowest BCUT2D eigenvalue weighted by Gasteiger charge is -2.38. The molecule has 30 heavy (non-hydrogen) atoms. The van der Waals surface area contributed by atoms with Gasteiger partial charge in [-0.3, -0.25) is 14.9 Å². The van der Waals surface area contributed by atoms with Gasteiger partial charge in [0.15, 0.2) is 0 Å². The molecule has 2 unspecified atom stereocenters. The number of nitrogens with one attached hydrogen (secondary N) is 2. The quantitative estimate of drug-likeness (QED) is 0.636. The molecule has 2 heterocycles. The van der Waals surface area contributed by atoms with E-state index in [4.69, 9.17) is 16.3 Å². The average Bonchev–Trinajstić information content (AvgIpc) is 3.00. The van der Waals surface area contributed by atoms with Crippen molar-refractivity contribution in [1.29, 1.82) is 0 Å². The first-order chi connectivity index (χ1) is 14.3. The number of methoxy groups -OCH3 is 1. The fourth-order valence-corrected chi connectivity index (χ4v) is 4.47. The lowest BCUT2D eigenvalue weighted by Crippen LogP contribution is -2.55. The summed E-state index contributed by atoms with van der Waals surface area (Å²) in [5.41, 5.74) is 1.02. The standard InChI is InChI=1S/C21H29ClN4O4/c1-4-15-11-16(5-6-17(15)22)25-7-9-26(10-8-25)18(27)14(2)12-21(13-30-3)19(28)23-20(29)24-21/h5-6,11,14H,4,7-10,12-13H2,1-3H3,(H2,23,24,28,29). The van der Waals surface area contributed by atoms with Crippen LogP contribution in [0.5, 0.6) is 0 Å². The molecule has 0 saturated carbocycles. The van der Waals surface area contributed by atoms with Crippen molar-refractivity contribution in [3.63, 3.8) is 0 Å². The second-order valence-corrected chi connectivity index (χ2v) is 8.38. The molecule has 2 atom stereocenters. The Morgan fingerprint density at radius 2 is 1.97 bits per heavy atom. The number of urea groups is 1. The summed E-state index contributed by atoms with van der Waals surface area (Å²) in [7, 11) is 1.46. The van der Waals surface area contributed by atoms with Crippen molar-refractivity contribution in [2.75, 3.05) is 44.8 Å². The number of benzene rings is 1. The van der Waals surface area contributed by atoms with Crippen LogP contribution in [-0.2, 0) is 20.7 Å². The molecule has 9 heteroatoms. The molecular weight excluding hydrogens is 408 g/mol. The van der Waals surface area contributed by atoms with Crippen LogP contribution in [-0.4, -0.2) is 68.2 Å². The first-order valence-electron chi connectivity index (χ1n) is 10.2. The number of anilines is 1. The number of halogens is 1. The summed E-state index contributed by atoms with van der Waals surface area (Å²) in [6, 6.07) is 5.49. The van der Waals surface area contributed by atoms with Crippen molar-refractivity contribution in [3.05, 3.63) is 28.8 Å². The van der Waals surface area contributed by atoms with Gasteiger partial charge in [0.2, 0.25) is 5.91 Å². The SMILES string of the molecule is CCc1cc(N2CCN(C(=O)C(C)CC3(COC)NC(=O)NC3=O)CC2)ccc1Cl. The minimum atomic E-state index is -1.21. The van der Waals surface area contributed by atoms with E-state index in [0.717, 1.165) is 35.8 Å². The molecule has 0 aliphatic carbocycles. The van der Waals surface area contributed by atoms with Crippen molar-refractivity contribution in [1.82, 2.24) is 15.5 Å². The highest BCUT2D eigenvalue weighted by Gasteiger charge is 2.48. The van der Waals surface area contributed by atoms with Crippen LogP contribution in [0.4, 0.5) is 10.5 Å². The minimum Gasteiger partial charge on any atom is -0.382 e. The Morgan fingerprint density at radius 1 is 1.27 bits per heavy atom. The van der Waals surface area contributed by atoms with Gasteiger partial charge in [0.25, 0.3) is 5.91 Å². The molecule has 1 aromatic carbocycles. The van der Waals surface area contributed by atoms with Gasteiger partial charge >= 0.3 is 6.03 Å². The summed E-state index contributed by atoms with van der Waals surface area (Å²) in [6.45, 7) is 6.54. The Balaban J connectivity index is 1.60. The minimum absolute atomic E-state index is 0.0201. The summed E-state index contributed by atoms with van der Waals surface area (Å²) in [4.78, 5) is 41.0. The molecule has 1 aromatic rings. The fraction of sp³-hybridized carbons (Fsp3) is 0.571. The molecule has 0 radical (unpaired) electrons. The second kappa shape index (κ2) is 9.22. The lowest BCUT2D eigenvalue weighted by molar-refractivity contribution is -0.137. The van der Waals surface area contributed by atoms with Crippen LogP contribution in [0.25, 0.3) is 0 Å². The van der Waals surface area contributed by atoms with E-state index in [9.17, 15) is 14.4 Å². The van der Waals surface area contributed by atoms with Gasteiger partial charge in [-0.2, -0.15) is 0 Å². The molecule has 0 spiro atoms. The number of carbonyl (C=O) groups excluding carboxylic acids is 3. The van der Waals surface area contributed by atoms with Crippen molar-refractivity contribution >= 4 is 35.1 Å². The molecule has 2 aliphatic rings. The lowest BCUT2D eigenvalue weighted by atomic mass is 9.88. The van der Waals surface area contributed by atoms with Crippen LogP contribution in [0.1, 0.15) is 25.8 Å². The highest BCUT2D eigenvalue weighted by atomic mass is 35.5. The van der Waals surface area contributed by atoms with Crippen LogP contribution >= 0.6 is 11.6 Å². The molecule has 2 saturated heterocycles. The maximum Gasteiger partial charge on any atom is 0.322 e. The Hall–Kier alpha value is -2.32. The number of ether oxygens (including phenoxy) is 1. The fourth-order valence-electron chi connectivity index (χ4n) is 4.21.